The molecule has 3 N–H and O–H groups in total. The van der Waals surface area contributed by atoms with Crippen molar-refractivity contribution < 1.29 is 9.84 Å². The number of rotatable bonds is 6. The largest absolute Gasteiger partial charge is 0.393 e. The molecule has 0 amide bonds. The molecule has 1 aliphatic rings. The zero-order valence-corrected chi connectivity index (χ0v) is 14.2. The maximum Gasteiger partial charge on any atom is 0.191 e. The van der Waals surface area contributed by atoms with E-state index in [0.29, 0.717) is 19.2 Å². The van der Waals surface area contributed by atoms with E-state index in [1.54, 1.807) is 7.11 Å². The van der Waals surface area contributed by atoms with E-state index in [-0.39, 0.29) is 6.10 Å². The van der Waals surface area contributed by atoms with Gasteiger partial charge in [-0.25, -0.2) is 4.99 Å². The Morgan fingerprint density at radius 3 is 2.57 bits per heavy atom. The molecule has 23 heavy (non-hydrogen) atoms. The van der Waals surface area contributed by atoms with Gasteiger partial charge in [0, 0.05) is 19.7 Å². The normalized spacial score (nSPS) is 22.0. The number of aliphatic hydroxyl groups is 1. The molecule has 0 saturated heterocycles. The fourth-order valence-electron chi connectivity index (χ4n) is 2.91. The maximum atomic E-state index is 9.61. The lowest BCUT2D eigenvalue weighted by Gasteiger charge is -2.27. The molecule has 0 unspecified atom stereocenters. The van der Waals surface area contributed by atoms with E-state index in [1.165, 1.54) is 11.1 Å². The Hall–Kier alpha value is -1.59. The molecule has 2 rings (SSSR count). The number of methoxy groups -OCH3 is 1. The number of aliphatic hydroxyl groups excluding tert-OH is 1. The minimum atomic E-state index is -0.131. The summed E-state index contributed by atoms with van der Waals surface area (Å²) in [5.41, 5.74) is 2.36. The van der Waals surface area contributed by atoms with E-state index in [2.05, 4.69) is 29.7 Å². The van der Waals surface area contributed by atoms with Crippen LogP contribution in [0.1, 0.15) is 43.7 Å². The highest BCUT2D eigenvalue weighted by molar-refractivity contribution is 5.80. The van der Waals surface area contributed by atoms with Gasteiger partial charge in [-0.3, -0.25) is 0 Å². The average molecular weight is 319 g/mol. The molecule has 1 aliphatic carbocycles. The SMILES string of the molecule is CCNC(=NCc1ccccc1COC)NC1CCC(O)CC1. The fraction of sp³-hybridized carbons (Fsp3) is 0.611. The molecule has 0 heterocycles. The van der Waals surface area contributed by atoms with Crippen molar-refractivity contribution in [2.45, 2.75) is 57.9 Å². The average Bonchev–Trinajstić information content (AvgIpc) is 2.56. The van der Waals surface area contributed by atoms with Gasteiger partial charge in [-0.15, -0.1) is 0 Å². The van der Waals surface area contributed by atoms with Crippen molar-refractivity contribution in [2.24, 2.45) is 4.99 Å². The van der Waals surface area contributed by atoms with Crippen molar-refractivity contribution in [1.82, 2.24) is 10.6 Å². The lowest BCUT2D eigenvalue weighted by atomic mass is 9.93. The quantitative estimate of drug-likeness (QED) is 0.555. The van der Waals surface area contributed by atoms with Gasteiger partial charge in [0.1, 0.15) is 0 Å². The smallest absolute Gasteiger partial charge is 0.191 e. The van der Waals surface area contributed by atoms with Gasteiger partial charge in [0.2, 0.25) is 0 Å². The molecule has 0 radical (unpaired) electrons. The van der Waals surface area contributed by atoms with E-state index >= 15 is 0 Å². The minimum absolute atomic E-state index is 0.131. The number of hydrogen-bond donors (Lipinski definition) is 3. The van der Waals surface area contributed by atoms with Crippen molar-refractivity contribution in [3.8, 4) is 0 Å². The molecule has 128 valence electrons. The predicted octanol–water partition coefficient (Wildman–Crippen LogP) is 2.19. The van der Waals surface area contributed by atoms with Crippen molar-refractivity contribution in [2.75, 3.05) is 13.7 Å². The molecule has 1 aromatic carbocycles. The van der Waals surface area contributed by atoms with Gasteiger partial charge in [-0.1, -0.05) is 24.3 Å². The number of nitrogens with one attached hydrogen (secondary N) is 2. The monoisotopic (exact) mass is 319 g/mol. The number of ether oxygens (including phenoxy) is 1. The van der Waals surface area contributed by atoms with Crippen molar-refractivity contribution in [1.29, 1.82) is 0 Å². The minimum Gasteiger partial charge on any atom is -0.393 e. The van der Waals surface area contributed by atoms with Gasteiger partial charge in [0.25, 0.3) is 0 Å². The second-order valence-corrected chi connectivity index (χ2v) is 6.05. The van der Waals surface area contributed by atoms with Crippen LogP contribution in [0.25, 0.3) is 0 Å². The van der Waals surface area contributed by atoms with Crippen molar-refractivity contribution in [3.63, 3.8) is 0 Å². The lowest BCUT2D eigenvalue weighted by molar-refractivity contribution is 0.120. The van der Waals surface area contributed by atoms with Crippen LogP contribution in [0.4, 0.5) is 0 Å². The molecule has 0 atom stereocenters. The summed E-state index contributed by atoms with van der Waals surface area (Å²) in [7, 11) is 1.71. The van der Waals surface area contributed by atoms with E-state index in [0.717, 1.165) is 38.2 Å². The summed E-state index contributed by atoms with van der Waals surface area (Å²) in [5.74, 6) is 0.848. The fourth-order valence-corrected chi connectivity index (χ4v) is 2.91. The summed E-state index contributed by atoms with van der Waals surface area (Å²) in [6.45, 7) is 4.14. The van der Waals surface area contributed by atoms with Gasteiger partial charge in [-0.2, -0.15) is 0 Å². The van der Waals surface area contributed by atoms with Crippen LogP contribution in [0.3, 0.4) is 0 Å². The summed E-state index contributed by atoms with van der Waals surface area (Å²) in [5, 5.41) is 16.4. The molecular weight excluding hydrogens is 290 g/mol. The third-order valence-corrected chi connectivity index (χ3v) is 4.21. The Morgan fingerprint density at radius 2 is 1.91 bits per heavy atom. The maximum absolute atomic E-state index is 9.61. The zero-order chi connectivity index (χ0) is 16.5. The summed E-state index contributed by atoms with van der Waals surface area (Å²) < 4.78 is 5.25. The van der Waals surface area contributed by atoms with Crippen LogP contribution >= 0.6 is 0 Å². The third kappa shape index (κ3) is 5.84. The Balaban J connectivity index is 1.98. The van der Waals surface area contributed by atoms with Crippen LogP contribution in [0.5, 0.6) is 0 Å². The Kier molecular flexibility index (Phi) is 7.36. The van der Waals surface area contributed by atoms with Crippen LogP contribution in [0.2, 0.25) is 0 Å². The van der Waals surface area contributed by atoms with Crippen LogP contribution in [0.15, 0.2) is 29.3 Å². The Morgan fingerprint density at radius 1 is 1.22 bits per heavy atom. The highest BCUT2D eigenvalue weighted by Gasteiger charge is 2.19. The zero-order valence-electron chi connectivity index (χ0n) is 14.2. The summed E-state index contributed by atoms with van der Waals surface area (Å²) in [6, 6.07) is 8.63. The summed E-state index contributed by atoms with van der Waals surface area (Å²) >= 11 is 0. The van der Waals surface area contributed by atoms with Gasteiger partial charge in [-0.05, 0) is 43.7 Å². The van der Waals surface area contributed by atoms with Crippen LogP contribution < -0.4 is 10.6 Å². The van der Waals surface area contributed by atoms with E-state index < -0.39 is 0 Å². The summed E-state index contributed by atoms with van der Waals surface area (Å²) in [6.07, 6.45) is 3.59. The topological polar surface area (TPSA) is 65.9 Å². The summed E-state index contributed by atoms with van der Waals surface area (Å²) in [4.78, 5) is 4.72. The molecule has 0 bridgehead atoms. The number of aliphatic imine (C=N–C) groups is 1. The third-order valence-electron chi connectivity index (χ3n) is 4.21. The number of hydrogen-bond acceptors (Lipinski definition) is 3. The van der Waals surface area contributed by atoms with Gasteiger partial charge < -0.3 is 20.5 Å². The first kappa shape index (κ1) is 17.8. The molecule has 5 heteroatoms. The molecule has 5 nitrogen and oxygen atoms in total. The second-order valence-electron chi connectivity index (χ2n) is 6.05. The van der Waals surface area contributed by atoms with Gasteiger partial charge >= 0.3 is 0 Å². The Labute approximate surface area is 139 Å². The number of benzene rings is 1. The molecule has 1 aromatic rings. The molecule has 1 fully saturated rings. The van der Waals surface area contributed by atoms with Crippen molar-refractivity contribution >= 4 is 5.96 Å². The number of guanidine groups is 1. The van der Waals surface area contributed by atoms with E-state index in [1.807, 2.05) is 12.1 Å². The van der Waals surface area contributed by atoms with Crippen molar-refractivity contribution in [3.05, 3.63) is 35.4 Å². The van der Waals surface area contributed by atoms with E-state index in [9.17, 15) is 5.11 Å². The standard InChI is InChI=1S/C18H29N3O2/c1-3-19-18(21-16-8-10-17(22)11-9-16)20-12-14-6-4-5-7-15(14)13-23-2/h4-7,16-17,22H,3,8-13H2,1-2H3,(H2,19,20,21). The highest BCUT2D eigenvalue weighted by atomic mass is 16.5. The first-order valence-electron chi connectivity index (χ1n) is 8.51. The predicted molar refractivity (Wildman–Crippen MR) is 93.4 cm³/mol. The van der Waals surface area contributed by atoms with Crippen LogP contribution in [-0.2, 0) is 17.9 Å². The molecule has 0 aromatic heterocycles. The molecule has 1 saturated carbocycles. The van der Waals surface area contributed by atoms with Crippen LogP contribution in [0, 0.1) is 0 Å². The Bertz CT molecular complexity index is 497. The lowest BCUT2D eigenvalue weighted by Crippen LogP contribution is -2.45. The van der Waals surface area contributed by atoms with E-state index in [4.69, 9.17) is 9.73 Å². The molecule has 0 aliphatic heterocycles. The first-order chi connectivity index (χ1) is 11.2. The van der Waals surface area contributed by atoms with Gasteiger partial charge in [0.05, 0.1) is 19.3 Å². The van der Waals surface area contributed by atoms with Gasteiger partial charge in [0.15, 0.2) is 5.96 Å². The highest BCUT2D eigenvalue weighted by Crippen LogP contribution is 2.18. The van der Waals surface area contributed by atoms with Crippen LogP contribution in [-0.4, -0.2) is 36.9 Å². The second kappa shape index (κ2) is 9.53. The molecule has 0 spiro atoms. The molecular formula is C18H29N3O2. The first-order valence-corrected chi connectivity index (χ1v) is 8.51. The number of nitrogens with zero attached hydrogens (tertiary/aromatic N) is 1.